The number of guanidine groups is 1. The van der Waals surface area contributed by atoms with Crippen LogP contribution in [0.1, 0.15) is 44.6 Å². The summed E-state index contributed by atoms with van der Waals surface area (Å²) in [4.78, 5) is 16.5. The van der Waals surface area contributed by atoms with Gasteiger partial charge in [-0.3, -0.25) is 9.79 Å². The Morgan fingerprint density at radius 3 is 2.91 bits per heavy atom. The molecule has 1 aliphatic rings. The van der Waals surface area contributed by atoms with Crippen molar-refractivity contribution in [3.8, 4) is 0 Å². The molecule has 2 rings (SSSR count). The maximum atomic E-state index is 11.8. The second-order valence-corrected chi connectivity index (χ2v) is 5.54. The number of benzene rings is 1. The van der Waals surface area contributed by atoms with E-state index in [2.05, 4.69) is 40.9 Å². The van der Waals surface area contributed by atoms with E-state index in [0.717, 1.165) is 37.6 Å². The Morgan fingerprint density at radius 2 is 2.14 bits per heavy atom. The molecule has 1 unspecified atom stereocenters. The number of anilines is 1. The highest BCUT2D eigenvalue weighted by Gasteiger charge is 2.24. The van der Waals surface area contributed by atoms with Gasteiger partial charge in [0.15, 0.2) is 5.96 Å². The predicted octanol–water partition coefficient (Wildman–Crippen LogP) is 2.47. The Hall–Kier alpha value is -2.04. The van der Waals surface area contributed by atoms with Gasteiger partial charge in [0, 0.05) is 31.1 Å². The van der Waals surface area contributed by atoms with Crippen molar-refractivity contribution < 1.29 is 4.79 Å². The lowest BCUT2D eigenvalue weighted by molar-refractivity contribution is -0.116. The molecule has 0 aromatic heterocycles. The molecule has 0 radical (unpaired) electrons. The highest BCUT2D eigenvalue weighted by Crippen LogP contribution is 2.31. The highest BCUT2D eigenvalue weighted by molar-refractivity contribution is 5.94. The number of carbonyl (C=O) groups is 1. The number of hydrogen-bond acceptors (Lipinski definition) is 2. The van der Waals surface area contributed by atoms with Gasteiger partial charge in [-0.2, -0.15) is 0 Å². The first-order valence-corrected chi connectivity index (χ1v) is 8.15. The van der Waals surface area contributed by atoms with E-state index >= 15 is 0 Å². The number of carbonyl (C=O) groups excluding carboxylic acids is 1. The molecule has 0 fully saturated rings. The van der Waals surface area contributed by atoms with Crippen LogP contribution in [0.4, 0.5) is 5.69 Å². The summed E-state index contributed by atoms with van der Waals surface area (Å²) in [6, 6.07) is 7.99. The van der Waals surface area contributed by atoms with Gasteiger partial charge in [-0.05, 0) is 25.0 Å². The van der Waals surface area contributed by atoms with Crippen molar-refractivity contribution in [2.45, 2.75) is 39.0 Å². The average molecular weight is 302 g/mol. The summed E-state index contributed by atoms with van der Waals surface area (Å²) in [5.74, 6) is 1.05. The molecule has 1 aromatic rings. The summed E-state index contributed by atoms with van der Waals surface area (Å²) in [5, 5.41) is 9.52. The molecule has 22 heavy (non-hydrogen) atoms. The largest absolute Gasteiger partial charge is 0.357 e. The quantitative estimate of drug-likeness (QED) is 0.430. The van der Waals surface area contributed by atoms with Crippen LogP contribution in [-0.4, -0.2) is 31.5 Å². The van der Waals surface area contributed by atoms with Crippen LogP contribution in [0.25, 0.3) is 0 Å². The summed E-state index contributed by atoms with van der Waals surface area (Å²) in [6.07, 6.45) is 2.77. The molecule has 0 saturated carbocycles. The number of amides is 1. The lowest BCUT2D eigenvalue weighted by atomic mass is 9.91. The summed E-state index contributed by atoms with van der Waals surface area (Å²) >= 11 is 0. The van der Waals surface area contributed by atoms with E-state index in [1.807, 2.05) is 18.2 Å². The second kappa shape index (κ2) is 8.41. The monoisotopic (exact) mass is 302 g/mol. The van der Waals surface area contributed by atoms with Crippen molar-refractivity contribution in [3.63, 3.8) is 0 Å². The molecule has 0 spiro atoms. The number of nitrogens with zero attached hydrogens (tertiary/aromatic N) is 1. The normalized spacial score (nSPS) is 17.6. The maximum Gasteiger partial charge on any atom is 0.225 e. The minimum absolute atomic E-state index is 0.0721. The zero-order valence-corrected chi connectivity index (χ0v) is 13.5. The Labute approximate surface area is 132 Å². The lowest BCUT2D eigenvalue weighted by Gasteiger charge is -2.24. The molecular formula is C17H26N4O. The third-order valence-electron chi connectivity index (χ3n) is 3.74. The fourth-order valence-electron chi connectivity index (χ4n) is 2.59. The highest BCUT2D eigenvalue weighted by atomic mass is 16.1. The smallest absolute Gasteiger partial charge is 0.225 e. The zero-order chi connectivity index (χ0) is 15.8. The van der Waals surface area contributed by atoms with Gasteiger partial charge in [0.05, 0.1) is 6.54 Å². The minimum Gasteiger partial charge on any atom is -0.357 e. The van der Waals surface area contributed by atoms with Crippen LogP contribution in [0.3, 0.4) is 0 Å². The molecule has 1 atom stereocenters. The Bertz CT molecular complexity index is 527. The number of fused-ring (bicyclic) bond motifs is 1. The van der Waals surface area contributed by atoms with Crippen LogP contribution in [0.15, 0.2) is 29.3 Å². The van der Waals surface area contributed by atoms with Crippen LogP contribution in [-0.2, 0) is 4.79 Å². The van der Waals surface area contributed by atoms with Crippen molar-refractivity contribution in [1.82, 2.24) is 10.6 Å². The number of aliphatic imine (C=N–C) groups is 1. The molecule has 0 bridgehead atoms. The molecule has 1 amide bonds. The van der Waals surface area contributed by atoms with Gasteiger partial charge in [0.1, 0.15) is 0 Å². The van der Waals surface area contributed by atoms with E-state index < -0.39 is 0 Å². The Balaban J connectivity index is 2.04. The molecule has 0 aliphatic carbocycles. The number of rotatable bonds is 6. The topological polar surface area (TPSA) is 65.5 Å². The van der Waals surface area contributed by atoms with Crippen LogP contribution in [0.2, 0.25) is 0 Å². The molecule has 1 aliphatic heterocycles. The molecule has 5 nitrogen and oxygen atoms in total. The van der Waals surface area contributed by atoms with E-state index in [1.165, 1.54) is 5.56 Å². The van der Waals surface area contributed by atoms with E-state index in [4.69, 9.17) is 0 Å². The van der Waals surface area contributed by atoms with Gasteiger partial charge in [-0.15, -0.1) is 0 Å². The van der Waals surface area contributed by atoms with E-state index in [-0.39, 0.29) is 11.8 Å². The van der Waals surface area contributed by atoms with Crippen LogP contribution < -0.4 is 16.0 Å². The third kappa shape index (κ3) is 4.48. The Kier molecular flexibility index (Phi) is 6.25. The molecular weight excluding hydrogens is 276 g/mol. The minimum atomic E-state index is 0.0721. The van der Waals surface area contributed by atoms with Gasteiger partial charge in [0.25, 0.3) is 0 Å². The second-order valence-electron chi connectivity index (χ2n) is 5.54. The Morgan fingerprint density at radius 1 is 1.32 bits per heavy atom. The van der Waals surface area contributed by atoms with Gasteiger partial charge in [-0.1, -0.05) is 31.5 Å². The van der Waals surface area contributed by atoms with Crippen LogP contribution >= 0.6 is 0 Å². The standard InChI is InChI=1S/C17H26N4O/c1-3-5-10-19-17(18-4-2)20-12-13-11-16(22)21-15-9-7-6-8-14(13)15/h6-9,13H,3-5,10-12H2,1-2H3,(H,21,22)(H2,18,19,20). The fourth-order valence-corrected chi connectivity index (χ4v) is 2.59. The number of hydrogen-bond donors (Lipinski definition) is 3. The predicted molar refractivity (Wildman–Crippen MR) is 91.3 cm³/mol. The van der Waals surface area contributed by atoms with Gasteiger partial charge in [0.2, 0.25) is 5.91 Å². The molecule has 0 saturated heterocycles. The lowest BCUT2D eigenvalue weighted by Crippen LogP contribution is -2.38. The number of unbranched alkanes of at least 4 members (excludes halogenated alkanes) is 1. The summed E-state index contributed by atoms with van der Waals surface area (Å²) in [7, 11) is 0. The van der Waals surface area contributed by atoms with Gasteiger partial charge in [-0.25, -0.2) is 0 Å². The average Bonchev–Trinajstić information content (AvgIpc) is 2.52. The van der Waals surface area contributed by atoms with Crippen molar-refractivity contribution in [2.24, 2.45) is 4.99 Å². The first-order valence-electron chi connectivity index (χ1n) is 8.15. The maximum absolute atomic E-state index is 11.8. The van der Waals surface area contributed by atoms with E-state index in [0.29, 0.717) is 13.0 Å². The SMILES string of the molecule is CCCCNC(=NCC1CC(=O)Nc2ccccc21)NCC. The first kappa shape index (κ1) is 16.3. The van der Waals surface area contributed by atoms with Crippen molar-refractivity contribution in [3.05, 3.63) is 29.8 Å². The number of para-hydroxylation sites is 1. The van der Waals surface area contributed by atoms with Crippen LogP contribution in [0.5, 0.6) is 0 Å². The zero-order valence-electron chi connectivity index (χ0n) is 13.5. The fraction of sp³-hybridized carbons (Fsp3) is 0.529. The number of nitrogens with one attached hydrogen (secondary N) is 3. The molecule has 1 aromatic carbocycles. The van der Waals surface area contributed by atoms with Crippen molar-refractivity contribution >= 4 is 17.6 Å². The summed E-state index contributed by atoms with van der Waals surface area (Å²) in [6.45, 7) is 6.60. The molecule has 1 heterocycles. The first-order chi connectivity index (χ1) is 10.7. The van der Waals surface area contributed by atoms with Gasteiger partial charge >= 0.3 is 0 Å². The summed E-state index contributed by atoms with van der Waals surface area (Å²) < 4.78 is 0. The molecule has 3 N–H and O–H groups in total. The summed E-state index contributed by atoms with van der Waals surface area (Å²) in [5.41, 5.74) is 2.10. The van der Waals surface area contributed by atoms with Crippen molar-refractivity contribution in [1.29, 1.82) is 0 Å². The third-order valence-corrected chi connectivity index (χ3v) is 3.74. The molecule has 120 valence electrons. The van der Waals surface area contributed by atoms with Gasteiger partial charge < -0.3 is 16.0 Å². The van der Waals surface area contributed by atoms with E-state index in [9.17, 15) is 4.79 Å². The van der Waals surface area contributed by atoms with Crippen molar-refractivity contribution in [2.75, 3.05) is 25.0 Å². The van der Waals surface area contributed by atoms with Crippen LogP contribution in [0, 0.1) is 0 Å². The molecule has 5 heteroatoms. The van der Waals surface area contributed by atoms with E-state index in [1.54, 1.807) is 0 Å².